The highest BCUT2D eigenvalue weighted by molar-refractivity contribution is 7.21. The third-order valence-corrected chi connectivity index (χ3v) is 11.0. The predicted octanol–water partition coefficient (Wildman–Crippen LogP) is 9.59. The molecule has 47 heavy (non-hydrogen) atoms. The fourth-order valence-electron chi connectivity index (χ4n) is 6.84. The molecule has 8 rings (SSSR count). The number of carbonyl (C=O) groups is 2. The molecule has 0 spiro atoms. The Kier molecular flexibility index (Phi) is 7.29. The maximum atomic E-state index is 14.7. The van der Waals surface area contributed by atoms with Crippen LogP contribution in [0.5, 0.6) is 0 Å². The van der Waals surface area contributed by atoms with Gasteiger partial charge in [0.05, 0.1) is 29.0 Å². The number of aromatic nitrogens is 2. The van der Waals surface area contributed by atoms with Crippen molar-refractivity contribution in [1.29, 1.82) is 0 Å². The molecule has 4 atom stereocenters. The molecule has 6 nitrogen and oxygen atoms in total. The number of rotatable bonds is 5. The summed E-state index contributed by atoms with van der Waals surface area (Å²) < 4.78 is 38.3. The largest absolute Gasteiger partial charge is 0.301 e. The molecule has 2 heterocycles. The molecule has 0 bridgehead atoms. The van der Waals surface area contributed by atoms with Gasteiger partial charge in [-0.2, -0.15) is 8.75 Å². The Morgan fingerprint density at radius 3 is 2.11 bits per heavy atom. The number of aryl methyl sites for hydroxylation is 2. The van der Waals surface area contributed by atoms with Gasteiger partial charge in [-0.3, -0.25) is 9.59 Å². The summed E-state index contributed by atoms with van der Waals surface area (Å²) in [6, 6.07) is 28.9. The van der Waals surface area contributed by atoms with Crippen LogP contribution in [-0.2, 0) is 9.59 Å². The second-order valence-electron chi connectivity index (χ2n) is 12.3. The Morgan fingerprint density at radius 1 is 0.787 bits per heavy atom. The van der Waals surface area contributed by atoms with Crippen LogP contribution in [0.15, 0.2) is 89.9 Å². The molecule has 4 aromatic carbocycles. The summed E-state index contributed by atoms with van der Waals surface area (Å²) in [5.74, 6) is -3.70. The van der Waals surface area contributed by atoms with Gasteiger partial charge in [0.2, 0.25) is 11.6 Å². The molecule has 2 aliphatic rings. The van der Waals surface area contributed by atoms with E-state index in [4.69, 9.17) is 0 Å². The van der Waals surface area contributed by atoms with Crippen molar-refractivity contribution in [3.05, 3.63) is 96.1 Å². The van der Waals surface area contributed by atoms with Gasteiger partial charge >= 0.3 is 0 Å². The SMILES string of the molecule is Cc1ccc(N(c2ccc(C)cc2)c2sc(-c3ccc(N=C4C(=O)C(=O)C5C(F)CC(F)CC45)c4nsnc34)c3ccccc23)cc1. The Labute approximate surface area is 277 Å². The Hall–Kier alpha value is -4.67. The van der Waals surface area contributed by atoms with Gasteiger partial charge in [-0.25, -0.2) is 13.8 Å². The lowest BCUT2D eigenvalue weighted by Crippen LogP contribution is -2.36. The summed E-state index contributed by atoms with van der Waals surface area (Å²) in [7, 11) is 0. The van der Waals surface area contributed by atoms with Crippen LogP contribution in [0.2, 0.25) is 0 Å². The number of halogens is 2. The summed E-state index contributed by atoms with van der Waals surface area (Å²) in [5, 5.41) is 3.17. The second-order valence-corrected chi connectivity index (χ2v) is 13.8. The van der Waals surface area contributed by atoms with E-state index < -0.39 is 35.7 Å². The fourth-order valence-corrected chi connectivity index (χ4v) is 8.75. The number of nitrogens with zero attached hydrogens (tertiary/aromatic N) is 4. The van der Waals surface area contributed by atoms with Crippen LogP contribution in [0.1, 0.15) is 24.0 Å². The number of alkyl halides is 2. The molecular formula is C37H28F2N4O2S2. The first-order valence-corrected chi connectivity index (χ1v) is 17.0. The molecule has 2 saturated carbocycles. The molecule has 0 N–H and O–H groups in total. The van der Waals surface area contributed by atoms with Gasteiger partial charge in [0.15, 0.2) is 0 Å². The van der Waals surface area contributed by atoms with Crippen molar-refractivity contribution in [3.8, 4) is 10.4 Å². The van der Waals surface area contributed by atoms with Crippen molar-refractivity contribution >= 4 is 84.2 Å². The molecule has 6 aromatic rings. The number of benzene rings is 4. The normalized spacial score (nSPS) is 22.0. The molecule has 2 fully saturated rings. The molecule has 10 heteroatoms. The van der Waals surface area contributed by atoms with E-state index in [2.05, 4.69) is 93.2 Å². The molecule has 4 unspecified atom stereocenters. The van der Waals surface area contributed by atoms with E-state index in [9.17, 15) is 18.4 Å². The number of anilines is 3. The van der Waals surface area contributed by atoms with Crippen LogP contribution in [0.25, 0.3) is 32.2 Å². The van der Waals surface area contributed by atoms with Gasteiger partial charge in [-0.15, -0.1) is 11.3 Å². The van der Waals surface area contributed by atoms with E-state index in [-0.39, 0.29) is 18.6 Å². The number of carbonyl (C=O) groups excluding carboxylic acids is 2. The van der Waals surface area contributed by atoms with Crippen molar-refractivity contribution in [2.45, 2.75) is 39.0 Å². The number of thiophene rings is 1. The lowest BCUT2D eigenvalue weighted by atomic mass is 9.78. The summed E-state index contributed by atoms with van der Waals surface area (Å²) >= 11 is 2.68. The minimum atomic E-state index is -1.70. The van der Waals surface area contributed by atoms with E-state index in [1.165, 1.54) is 11.1 Å². The third kappa shape index (κ3) is 4.98. The topological polar surface area (TPSA) is 75.5 Å². The average Bonchev–Trinajstić information content (AvgIpc) is 3.76. The predicted molar refractivity (Wildman–Crippen MR) is 186 cm³/mol. The summed E-state index contributed by atoms with van der Waals surface area (Å²) in [6.07, 6.45) is -3.60. The van der Waals surface area contributed by atoms with E-state index >= 15 is 0 Å². The number of aliphatic imine (C=N–C) groups is 1. The van der Waals surface area contributed by atoms with Crippen molar-refractivity contribution in [3.63, 3.8) is 0 Å². The van der Waals surface area contributed by atoms with E-state index in [1.807, 2.05) is 18.2 Å². The molecule has 0 aliphatic heterocycles. The van der Waals surface area contributed by atoms with Gasteiger partial charge in [0, 0.05) is 44.9 Å². The number of hydrogen-bond donors (Lipinski definition) is 0. The Balaban J connectivity index is 1.28. The fraction of sp³-hybridized carbons (Fsp3) is 0.216. The Morgan fingerprint density at radius 2 is 1.43 bits per heavy atom. The minimum absolute atomic E-state index is 0.0808. The standard InChI is InChI=1S/C37H28F2N4O2S2/c1-19-7-11-22(12-8-19)43(23-13-9-20(2)10-14-23)37-25-6-4-3-5-24(25)36(46-37)26-15-16-29(33-31(26)41-47-42-33)40-32-27-17-21(38)18-28(39)30(27)34(44)35(32)45/h3-16,21,27-28,30H,17-18H2,1-2H3. The highest BCUT2D eigenvalue weighted by Crippen LogP contribution is 2.50. The lowest BCUT2D eigenvalue weighted by molar-refractivity contribution is -0.136. The zero-order chi connectivity index (χ0) is 32.4. The van der Waals surface area contributed by atoms with Gasteiger partial charge in [-0.1, -0.05) is 59.7 Å². The average molecular weight is 663 g/mol. The minimum Gasteiger partial charge on any atom is -0.301 e. The molecular weight excluding hydrogens is 635 g/mol. The van der Waals surface area contributed by atoms with Crippen molar-refractivity contribution in [1.82, 2.24) is 8.75 Å². The first kappa shape index (κ1) is 29.7. The first-order valence-electron chi connectivity index (χ1n) is 15.4. The number of Topliss-reactive ketones (excluding diaryl/α,β-unsaturated/α-hetero) is 2. The molecule has 0 radical (unpaired) electrons. The van der Waals surface area contributed by atoms with E-state index in [0.717, 1.165) is 49.3 Å². The van der Waals surface area contributed by atoms with Gasteiger partial charge in [-0.05, 0) is 56.7 Å². The lowest BCUT2D eigenvalue weighted by Gasteiger charge is -2.29. The van der Waals surface area contributed by atoms with Crippen molar-refractivity contribution in [2.24, 2.45) is 16.8 Å². The third-order valence-electron chi connectivity index (χ3n) is 9.19. The maximum absolute atomic E-state index is 14.7. The van der Waals surface area contributed by atoms with Gasteiger partial charge < -0.3 is 4.90 Å². The van der Waals surface area contributed by atoms with E-state index in [1.54, 1.807) is 17.4 Å². The molecule has 2 aromatic heterocycles. The Bertz CT molecular complexity index is 2180. The number of fused-ring (bicyclic) bond motifs is 3. The molecule has 2 aliphatic carbocycles. The van der Waals surface area contributed by atoms with Gasteiger partial charge in [0.25, 0.3) is 0 Å². The zero-order valence-electron chi connectivity index (χ0n) is 25.5. The number of ketones is 2. The number of hydrogen-bond acceptors (Lipinski definition) is 8. The second kappa shape index (κ2) is 11.5. The molecule has 0 saturated heterocycles. The van der Waals surface area contributed by atoms with Crippen LogP contribution in [0, 0.1) is 25.7 Å². The summed E-state index contributed by atoms with van der Waals surface area (Å²) in [6.45, 7) is 4.15. The van der Waals surface area contributed by atoms with Crippen LogP contribution in [-0.4, -0.2) is 38.4 Å². The highest BCUT2D eigenvalue weighted by atomic mass is 32.1. The smallest absolute Gasteiger partial charge is 0.243 e. The summed E-state index contributed by atoms with van der Waals surface area (Å²) in [4.78, 5) is 33.5. The quantitative estimate of drug-likeness (QED) is 0.172. The molecule has 234 valence electrons. The highest BCUT2D eigenvalue weighted by Gasteiger charge is 2.54. The van der Waals surface area contributed by atoms with Crippen LogP contribution in [0.4, 0.5) is 30.8 Å². The van der Waals surface area contributed by atoms with Crippen molar-refractivity contribution < 1.29 is 18.4 Å². The first-order chi connectivity index (χ1) is 22.8. The summed E-state index contributed by atoms with van der Waals surface area (Å²) in [5.41, 5.74) is 6.63. The maximum Gasteiger partial charge on any atom is 0.243 e. The zero-order valence-corrected chi connectivity index (χ0v) is 27.1. The van der Waals surface area contributed by atoms with E-state index in [0.29, 0.717) is 16.7 Å². The van der Waals surface area contributed by atoms with Crippen LogP contribution >= 0.6 is 23.1 Å². The van der Waals surface area contributed by atoms with Crippen LogP contribution in [0.3, 0.4) is 0 Å². The van der Waals surface area contributed by atoms with Crippen LogP contribution < -0.4 is 4.90 Å². The molecule has 0 amide bonds. The monoisotopic (exact) mass is 662 g/mol. The van der Waals surface area contributed by atoms with Crippen molar-refractivity contribution in [2.75, 3.05) is 4.90 Å². The van der Waals surface area contributed by atoms with Gasteiger partial charge in [0.1, 0.15) is 28.4 Å².